The van der Waals surface area contributed by atoms with Gasteiger partial charge in [0.2, 0.25) is 0 Å². The van der Waals surface area contributed by atoms with Crippen LogP contribution in [0.3, 0.4) is 0 Å². The summed E-state index contributed by atoms with van der Waals surface area (Å²) >= 11 is 0. The summed E-state index contributed by atoms with van der Waals surface area (Å²) in [5.74, 6) is -1.86. The van der Waals surface area contributed by atoms with Crippen LogP contribution in [0, 0.1) is 5.92 Å². The van der Waals surface area contributed by atoms with Crippen LogP contribution in [0.15, 0.2) is 54.1 Å². The number of hydrogen-bond donors (Lipinski definition) is 2. The summed E-state index contributed by atoms with van der Waals surface area (Å²) in [6.45, 7) is 3.72. The number of ether oxygens (including phenoxy) is 1. The molecule has 1 amide bonds. The molecule has 6 nitrogen and oxygen atoms in total. The van der Waals surface area contributed by atoms with Gasteiger partial charge in [-0.15, -0.1) is 0 Å². The van der Waals surface area contributed by atoms with Crippen LogP contribution >= 0.6 is 0 Å². The molecule has 0 unspecified atom stereocenters. The lowest BCUT2D eigenvalue weighted by Crippen LogP contribution is -2.44. The molecule has 172 valence electrons. The Balaban J connectivity index is 1.69. The number of hydrogen-bond acceptors (Lipinski definition) is 5. The maximum absolute atomic E-state index is 13.6. The van der Waals surface area contributed by atoms with Gasteiger partial charge in [-0.2, -0.15) is 0 Å². The second-order valence-electron chi connectivity index (χ2n) is 9.23. The van der Waals surface area contributed by atoms with E-state index >= 15 is 0 Å². The van der Waals surface area contributed by atoms with E-state index in [4.69, 9.17) is 4.74 Å². The number of nitrogens with one attached hydrogen (secondary N) is 1. The number of carbonyl (C=O) groups is 3. The third-order valence-corrected chi connectivity index (χ3v) is 6.45. The number of fused-ring (bicyclic) bond motifs is 2. The maximum atomic E-state index is 13.6. The minimum absolute atomic E-state index is 0.175. The summed E-state index contributed by atoms with van der Waals surface area (Å²) < 4.78 is 5.09. The molecule has 0 atom stereocenters. The SMILES string of the molecule is CC(C)COC(=O)CNC(=O)C1=C(O)c2cc(-c3ccccc3)ccc2C2(CCCC2)C1=O. The average Bonchev–Trinajstić information content (AvgIpc) is 3.31. The second-order valence-corrected chi connectivity index (χ2v) is 9.23. The van der Waals surface area contributed by atoms with Crippen LogP contribution in [-0.2, 0) is 24.5 Å². The van der Waals surface area contributed by atoms with Gasteiger partial charge < -0.3 is 15.2 Å². The van der Waals surface area contributed by atoms with Crippen molar-refractivity contribution < 1.29 is 24.2 Å². The minimum atomic E-state index is -0.818. The number of amides is 1. The van der Waals surface area contributed by atoms with Gasteiger partial charge in [0.05, 0.1) is 12.0 Å². The van der Waals surface area contributed by atoms with Crippen molar-refractivity contribution in [2.75, 3.05) is 13.2 Å². The second kappa shape index (κ2) is 9.22. The van der Waals surface area contributed by atoms with Gasteiger partial charge in [0.15, 0.2) is 5.78 Å². The maximum Gasteiger partial charge on any atom is 0.325 e. The summed E-state index contributed by atoms with van der Waals surface area (Å²) in [4.78, 5) is 38.5. The van der Waals surface area contributed by atoms with E-state index in [1.54, 1.807) is 0 Å². The quantitative estimate of drug-likeness (QED) is 0.508. The molecule has 0 aliphatic heterocycles. The van der Waals surface area contributed by atoms with Crippen molar-refractivity contribution in [1.82, 2.24) is 5.32 Å². The Morgan fingerprint density at radius 3 is 2.42 bits per heavy atom. The molecule has 0 heterocycles. The topological polar surface area (TPSA) is 92.7 Å². The lowest BCUT2D eigenvalue weighted by molar-refractivity contribution is -0.144. The Morgan fingerprint density at radius 2 is 1.76 bits per heavy atom. The number of benzene rings is 2. The number of ketones is 1. The van der Waals surface area contributed by atoms with Crippen LogP contribution in [0.5, 0.6) is 0 Å². The monoisotopic (exact) mass is 447 g/mol. The molecule has 1 fully saturated rings. The molecule has 6 heteroatoms. The Hall–Kier alpha value is -3.41. The Bertz CT molecular complexity index is 1110. The molecule has 0 bridgehead atoms. The molecule has 4 rings (SSSR count). The van der Waals surface area contributed by atoms with Crippen molar-refractivity contribution in [1.29, 1.82) is 0 Å². The van der Waals surface area contributed by atoms with Gasteiger partial charge in [-0.1, -0.05) is 69.2 Å². The van der Waals surface area contributed by atoms with E-state index in [-0.39, 0.29) is 36.2 Å². The Morgan fingerprint density at radius 1 is 1.06 bits per heavy atom. The predicted octanol–water partition coefficient (Wildman–Crippen LogP) is 4.33. The first kappa shape index (κ1) is 22.8. The van der Waals surface area contributed by atoms with E-state index in [1.807, 2.05) is 62.4 Å². The summed E-state index contributed by atoms with van der Waals surface area (Å²) in [5.41, 5.74) is 2.05. The molecule has 2 aliphatic carbocycles. The molecule has 33 heavy (non-hydrogen) atoms. The van der Waals surface area contributed by atoms with Crippen molar-refractivity contribution in [2.45, 2.75) is 44.9 Å². The molecule has 1 spiro atoms. The standard InChI is InChI=1S/C27H29NO5/c1-17(2)16-33-22(29)15-28-26(32)23-24(30)20-14-19(18-8-4-3-5-9-18)10-11-21(20)27(25(23)31)12-6-7-13-27/h3-5,8-11,14,17,30H,6-7,12-13,15-16H2,1-2H3,(H,28,32). The molecule has 0 radical (unpaired) electrons. The number of aliphatic hydroxyl groups is 1. The van der Waals surface area contributed by atoms with E-state index in [1.165, 1.54) is 0 Å². The Labute approximate surface area is 193 Å². The van der Waals surface area contributed by atoms with E-state index in [0.29, 0.717) is 18.4 Å². The highest BCUT2D eigenvalue weighted by molar-refractivity contribution is 6.28. The first-order valence-electron chi connectivity index (χ1n) is 11.5. The van der Waals surface area contributed by atoms with Crippen LogP contribution in [-0.4, -0.2) is 35.9 Å². The van der Waals surface area contributed by atoms with Gasteiger partial charge in [-0.05, 0) is 41.5 Å². The zero-order valence-electron chi connectivity index (χ0n) is 19.0. The summed E-state index contributed by atoms with van der Waals surface area (Å²) in [6.07, 6.45) is 3.01. The Kier molecular flexibility index (Phi) is 6.36. The van der Waals surface area contributed by atoms with Gasteiger partial charge in [0.1, 0.15) is 17.9 Å². The van der Waals surface area contributed by atoms with Crippen LogP contribution in [0.2, 0.25) is 0 Å². The fraction of sp³-hybridized carbons (Fsp3) is 0.370. The summed E-state index contributed by atoms with van der Waals surface area (Å²) in [5, 5.41) is 13.6. The highest BCUT2D eigenvalue weighted by atomic mass is 16.5. The largest absolute Gasteiger partial charge is 0.506 e. The van der Waals surface area contributed by atoms with Crippen molar-refractivity contribution in [3.8, 4) is 11.1 Å². The molecule has 1 saturated carbocycles. The normalized spacial score (nSPS) is 16.8. The number of rotatable bonds is 6. The van der Waals surface area contributed by atoms with Crippen molar-refractivity contribution in [3.05, 3.63) is 65.2 Å². The van der Waals surface area contributed by atoms with Gasteiger partial charge in [-0.25, -0.2) is 0 Å². The van der Waals surface area contributed by atoms with E-state index in [9.17, 15) is 19.5 Å². The molecular formula is C27H29NO5. The highest BCUT2D eigenvalue weighted by Crippen LogP contribution is 2.50. The van der Waals surface area contributed by atoms with Crippen LogP contribution in [0.25, 0.3) is 16.9 Å². The van der Waals surface area contributed by atoms with Crippen LogP contribution < -0.4 is 5.32 Å². The van der Waals surface area contributed by atoms with E-state index in [2.05, 4.69) is 5.32 Å². The van der Waals surface area contributed by atoms with Crippen LogP contribution in [0.4, 0.5) is 0 Å². The molecule has 2 aromatic carbocycles. The first-order chi connectivity index (χ1) is 15.8. The van der Waals surface area contributed by atoms with Crippen molar-refractivity contribution in [2.24, 2.45) is 5.92 Å². The minimum Gasteiger partial charge on any atom is -0.506 e. The fourth-order valence-electron chi connectivity index (χ4n) is 4.81. The molecular weight excluding hydrogens is 418 g/mol. The summed E-state index contributed by atoms with van der Waals surface area (Å²) in [6, 6.07) is 15.5. The number of esters is 1. The van der Waals surface area contributed by atoms with Gasteiger partial charge in [0.25, 0.3) is 5.91 Å². The molecule has 2 aromatic rings. The third-order valence-electron chi connectivity index (χ3n) is 6.45. The molecule has 0 saturated heterocycles. The predicted molar refractivity (Wildman–Crippen MR) is 125 cm³/mol. The highest BCUT2D eigenvalue weighted by Gasteiger charge is 2.50. The number of aliphatic hydroxyl groups excluding tert-OH is 1. The van der Waals surface area contributed by atoms with Gasteiger partial charge in [0, 0.05) is 5.56 Å². The molecule has 2 N–H and O–H groups in total. The first-order valence-corrected chi connectivity index (χ1v) is 11.5. The zero-order chi connectivity index (χ0) is 23.6. The number of carbonyl (C=O) groups excluding carboxylic acids is 3. The van der Waals surface area contributed by atoms with E-state index in [0.717, 1.165) is 29.5 Å². The average molecular weight is 448 g/mol. The lowest BCUT2D eigenvalue weighted by Gasteiger charge is -2.35. The van der Waals surface area contributed by atoms with Gasteiger partial charge in [-0.3, -0.25) is 14.4 Å². The van der Waals surface area contributed by atoms with Crippen LogP contribution in [0.1, 0.15) is 50.7 Å². The molecule has 2 aliphatic rings. The fourth-order valence-corrected chi connectivity index (χ4v) is 4.81. The summed E-state index contributed by atoms with van der Waals surface area (Å²) in [7, 11) is 0. The van der Waals surface area contributed by atoms with Crippen molar-refractivity contribution in [3.63, 3.8) is 0 Å². The smallest absolute Gasteiger partial charge is 0.325 e. The lowest BCUT2D eigenvalue weighted by atomic mass is 9.67. The van der Waals surface area contributed by atoms with Gasteiger partial charge >= 0.3 is 5.97 Å². The number of Topliss-reactive ketones (excluding diaryl/α,β-unsaturated/α-hetero) is 1. The zero-order valence-corrected chi connectivity index (χ0v) is 19.0. The van der Waals surface area contributed by atoms with E-state index < -0.39 is 17.3 Å². The third kappa shape index (κ3) is 4.30. The molecule has 0 aromatic heterocycles. The van der Waals surface area contributed by atoms with Crippen molar-refractivity contribution >= 4 is 23.4 Å².